The zero-order chi connectivity index (χ0) is 8.48. The third-order valence-electron chi connectivity index (χ3n) is 1.30. The van der Waals surface area contributed by atoms with Gasteiger partial charge in [0.05, 0.1) is 6.20 Å². The van der Waals surface area contributed by atoms with Gasteiger partial charge in [-0.05, 0) is 12.0 Å². The minimum absolute atomic E-state index is 0.00579. The molecule has 0 bridgehead atoms. The third kappa shape index (κ3) is 1.72. The highest BCUT2D eigenvalue weighted by molar-refractivity contribution is 5.03. The first-order valence-electron chi connectivity index (χ1n) is 3.14. The van der Waals surface area contributed by atoms with Gasteiger partial charge in [0.2, 0.25) is 0 Å². The van der Waals surface area contributed by atoms with Crippen LogP contribution in [0.2, 0.25) is 0 Å². The van der Waals surface area contributed by atoms with Crippen LogP contribution in [0.15, 0.2) is 12.4 Å². The van der Waals surface area contributed by atoms with E-state index in [1.54, 1.807) is 6.92 Å². The quantitative estimate of drug-likeness (QED) is 0.620. The summed E-state index contributed by atoms with van der Waals surface area (Å²) in [4.78, 5) is 0. The van der Waals surface area contributed by atoms with Gasteiger partial charge in [0.1, 0.15) is 0 Å². The van der Waals surface area contributed by atoms with Crippen molar-refractivity contribution < 1.29 is 13.2 Å². The fourth-order valence-electron chi connectivity index (χ4n) is 0.681. The van der Waals surface area contributed by atoms with E-state index in [-0.39, 0.29) is 4.68 Å². The number of hydrogen-bond donors (Lipinski definition) is 0. The van der Waals surface area contributed by atoms with Crippen molar-refractivity contribution in [3.8, 4) is 0 Å². The van der Waals surface area contributed by atoms with E-state index in [2.05, 4.69) is 5.10 Å². The minimum Gasteiger partial charge on any atom is -0.179 e. The molecule has 0 amide bonds. The molecule has 1 heterocycles. The van der Waals surface area contributed by atoms with Crippen LogP contribution in [-0.4, -0.2) is 9.78 Å². The lowest BCUT2D eigenvalue weighted by molar-refractivity contribution is -0.212. The van der Waals surface area contributed by atoms with Crippen molar-refractivity contribution in [3.63, 3.8) is 0 Å². The summed E-state index contributed by atoms with van der Waals surface area (Å²) in [5.41, 5.74) is 0.585. The van der Waals surface area contributed by atoms with E-state index >= 15 is 0 Å². The third-order valence-corrected chi connectivity index (χ3v) is 1.30. The summed E-state index contributed by atoms with van der Waals surface area (Å²) < 4.78 is 35.5. The Hall–Kier alpha value is -1.00. The van der Waals surface area contributed by atoms with Crippen LogP contribution in [0, 0.1) is 0 Å². The van der Waals surface area contributed by atoms with Crippen molar-refractivity contribution in [2.45, 2.75) is 19.6 Å². The van der Waals surface area contributed by atoms with Gasteiger partial charge in [0, 0.05) is 6.20 Å². The number of aryl methyl sites for hydroxylation is 1. The van der Waals surface area contributed by atoms with E-state index in [0.717, 1.165) is 6.20 Å². The van der Waals surface area contributed by atoms with Crippen LogP contribution in [0.5, 0.6) is 0 Å². The van der Waals surface area contributed by atoms with Crippen molar-refractivity contribution in [1.82, 2.24) is 9.78 Å². The summed E-state index contributed by atoms with van der Waals surface area (Å²) in [7, 11) is 0. The van der Waals surface area contributed by atoms with Gasteiger partial charge in [-0.1, -0.05) is 6.92 Å². The average Bonchev–Trinajstić information content (AvgIpc) is 2.32. The molecule has 0 aromatic carbocycles. The molecule has 0 saturated carbocycles. The lowest BCUT2D eigenvalue weighted by Gasteiger charge is -2.03. The van der Waals surface area contributed by atoms with Gasteiger partial charge in [-0.3, -0.25) is 0 Å². The topological polar surface area (TPSA) is 17.8 Å². The Labute approximate surface area is 61.6 Å². The molecule has 0 aliphatic carbocycles. The molecule has 0 atom stereocenters. The molecule has 1 rings (SSSR count). The summed E-state index contributed by atoms with van der Waals surface area (Å²) in [6.07, 6.45) is -1.61. The van der Waals surface area contributed by atoms with Crippen molar-refractivity contribution >= 4 is 0 Å². The first-order valence-corrected chi connectivity index (χ1v) is 3.14. The zero-order valence-corrected chi connectivity index (χ0v) is 5.89. The molecule has 0 unspecified atom stereocenters. The number of hydrogen-bond acceptors (Lipinski definition) is 1. The molecule has 0 spiro atoms. The highest BCUT2D eigenvalue weighted by Crippen LogP contribution is 2.20. The fourth-order valence-corrected chi connectivity index (χ4v) is 0.681. The maximum Gasteiger partial charge on any atom is 0.504 e. The Balaban J connectivity index is 2.89. The lowest BCUT2D eigenvalue weighted by Crippen LogP contribution is -2.16. The van der Waals surface area contributed by atoms with Crippen molar-refractivity contribution in [1.29, 1.82) is 0 Å². The van der Waals surface area contributed by atoms with Gasteiger partial charge in [-0.25, -0.2) is 0 Å². The summed E-state index contributed by atoms with van der Waals surface area (Å²) in [6, 6.07) is 0. The normalized spacial score (nSPS) is 12.0. The second-order valence-electron chi connectivity index (χ2n) is 2.11. The van der Waals surface area contributed by atoms with E-state index in [9.17, 15) is 13.2 Å². The van der Waals surface area contributed by atoms with Crippen LogP contribution < -0.4 is 0 Å². The van der Waals surface area contributed by atoms with Crippen LogP contribution >= 0.6 is 0 Å². The first kappa shape index (κ1) is 8.10. The number of aromatic nitrogens is 2. The van der Waals surface area contributed by atoms with E-state index in [1.807, 2.05) is 0 Å². The predicted octanol–water partition coefficient (Wildman–Crippen LogP) is 1.92. The van der Waals surface area contributed by atoms with E-state index < -0.39 is 6.30 Å². The molecule has 0 fully saturated rings. The van der Waals surface area contributed by atoms with E-state index in [1.165, 1.54) is 6.20 Å². The molecule has 62 valence electrons. The highest BCUT2D eigenvalue weighted by atomic mass is 19.4. The first-order chi connectivity index (χ1) is 5.04. The Bertz CT molecular complexity index is 238. The molecule has 0 aliphatic rings. The zero-order valence-electron chi connectivity index (χ0n) is 5.89. The minimum atomic E-state index is -4.38. The maximum atomic E-state index is 11.8. The number of alkyl halides is 3. The Morgan fingerprint density at radius 2 is 2.18 bits per heavy atom. The van der Waals surface area contributed by atoms with Gasteiger partial charge in [-0.15, -0.1) is 13.2 Å². The smallest absolute Gasteiger partial charge is 0.179 e. The standard InChI is InChI=1S/C6H7F3N2/c1-2-5-3-10-11(4-5)6(7,8)9/h3-4H,2H2,1H3. The molecule has 0 aliphatic heterocycles. The monoisotopic (exact) mass is 164 g/mol. The van der Waals surface area contributed by atoms with Crippen LogP contribution in [0.3, 0.4) is 0 Å². The summed E-state index contributed by atoms with van der Waals surface area (Å²) in [5.74, 6) is 0. The largest absolute Gasteiger partial charge is 0.504 e. The second-order valence-corrected chi connectivity index (χ2v) is 2.11. The van der Waals surface area contributed by atoms with Gasteiger partial charge in [0.25, 0.3) is 0 Å². The van der Waals surface area contributed by atoms with Crippen LogP contribution in [0.4, 0.5) is 13.2 Å². The van der Waals surface area contributed by atoms with Crippen molar-refractivity contribution in [3.05, 3.63) is 18.0 Å². The highest BCUT2D eigenvalue weighted by Gasteiger charge is 2.31. The number of rotatable bonds is 1. The van der Waals surface area contributed by atoms with E-state index in [0.29, 0.717) is 12.0 Å². The van der Waals surface area contributed by atoms with Crippen molar-refractivity contribution in [2.24, 2.45) is 0 Å². The molecule has 5 heteroatoms. The molecular weight excluding hydrogens is 157 g/mol. The molecule has 1 aromatic rings. The van der Waals surface area contributed by atoms with Gasteiger partial charge in [-0.2, -0.15) is 9.78 Å². The SMILES string of the molecule is CCc1cnn(C(F)(F)F)c1. The number of nitrogens with zero attached hydrogens (tertiary/aromatic N) is 2. The fraction of sp³-hybridized carbons (Fsp3) is 0.500. The molecule has 0 radical (unpaired) electrons. The second kappa shape index (κ2) is 2.56. The summed E-state index contributed by atoms with van der Waals surface area (Å²) >= 11 is 0. The van der Waals surface area contributed by atoms with Crippen LogP contribution in [0.25, 0.3) is 0 Å². The summed E-state index contributed by atoms with van der Waals surface area (Å²) in [5, 5.41) is 3.15. The molecule has 11 heavy (non-hydrogen) atoms. The van der Waals surface area contributed by atoms with Gasteiger partial charge < -0.3 is 0 Å². The summed E-state index contributed by atoms with van der Waals surface area (Å²) in [6.45, 7) is 1.78. The Morgan fingerprint density at radius 1 is 1.55 bits per heavy atom. The Kier molecular flexibility index (Phi) is 1.89. The average molecular weight is 164 g/mol. The molecule has 0 saturated heterocycles. The molecule has 0 N–H and O–H groups in total. The van der Waals surface area contributed by atoms with Crippen LogP contribution in [0.1, 0.15) is 12.5 Å². The molecular formula is C6H7F3N2. The molecule has 2 nitrogen and oxygen atoms in total. The number of halogens is 3. The predicted molar refractivity (Wildman–Crippen MR) is 32.9 cm³/mol. The van der Waals surface area contributed by atoms with Crippen molar-refractivity contribution in [2.75, 3.05) is 0 Å². The Morgan fingerprint density at radius 3 is 2.45 bits per heavy atom. The van der Waals surface area contributed by atoms with Gasteiger partial charge in [0.15, 0.2) is 0 Å². The van der Waals surface area contributed by atoms with E-state index in [4.69, 9.17) is 0 Å². The maximum absolute atomic E-state index is 11.8. The van der Waals surface area contributed by atoms with Crippen LogP contribution in [-0.2, 0) is 12.7 Å². The molecule has 1 aromatic heterocycles. The van der Waals surface area contributed by atoms with Gasteiger partial charge >= 0.3 is 6.30 Å². The lowest BCUT2D eigenvalue weighted by atomic mass is 10.3.